The van der Waals surface area contributed by atoms with Gasteiger partial charge in [0.2, 0.25) is 0 Å². The van der Waals surface area contributed by atoms with Gasteiger partial charge in [-0.15, -0.1) is 0 Å². The molecule has 1 saturated heterocycles. The number of benzene rings is 2. The van der Waals surface area contributed by atoms with Crippen molar-refractivity contribution in [3.8, 4) is 11.5 Å². The topological polar surface area (TPSA) is 67.8 Å². The third kappa shape index (κ3) is 5.24. The zero-order chi connectivity index (χ0) is 23.7. The number of ether oxygens (including phenoxy) is 2. The van der Waals surface area contributed by atoms with Crippen LogP contribution >= 0.6 is 11.6 Å². The molecule has 174 valence electrons. The van der Waals surface area contributed by atoms with Crippen LogP contribution in [0.25, 0.3) is 0 Å². The van der Waals surface area contributed by atoms with E-state index in [-0.39, 0.29) is 17.3 Å². The zero-order valence-electron chi connectivity index (χ0n) is 16.7. The predicted molar refractivity (Wildman–Crippen MR) is 105 cm³/mol. The van der Waals surface area contributed by atoms with Crippen molar-refractivity contribution >= 4 is 17.6 Å². The molecule has 0 aliphatic carbocycles. The first-order valence-electron chi connectivity index (χ1n) is 9.58. The number of aliphatic carboxylic acids is 1. The van der Waals surface area contributed by atoms with E-state index in [1.807, 2.05) is 0 Å². The number of fused-ring (bicyclic) bond motifs is 1. The summed E-state index contributed by atoms with van der Waals surface area (Å²) in [5, 5.41) is 10.7. The van der Waals surface area contributed by atoms with E-state index in [1.165, 1.54) is 24.3 Å². The summed E-state index contributed by atoms with van der Waals surface area (Å²) in [5.74, 6) is -4.01. The van der Waals surface area contributed by atoms with Crippen LogP contribution in [0.2, 0.25) is 5.02 Å². The summed E-state index contributed by atoms with van der Waals surface area (Å²) in [6, 6.07) is 7.12. The van der Waals surface area contributed by atoms with Crippen LogP contribution in [0.5, 0.6) is 11.5 Å². The van der Waals surface area contributed by atoms with Crippen LogP contribution in [-0.4, -0.2) is 30.3 Å². The van der Waals surface area contributed by atoms with Gasteiger partial charge in [0, 0.05) is 23.6 Å². The van der Waals surface area contributed by atoms with Gasteiger partial charge in [-0.3, -0.25) is 0 Å². The van der Waals surface area contributed by atoms with Crippen molar-refractivity contribution in [3.05, 3.63) is 58.1 Å². The van der Waals surface area contributed by atoms with Gasteiger partial charge < -0.3 is 19.9 Å². The average Bonchev–Trinajstić information content (AvgIpc) is 3.04. The molecule has 32 heavy (non-hydrogen) atoms. The van der Waals surface area contributed by atoms with Crippen LogP contribution in [0, 0.1) is 11.6 Å². The van der Waals surface area contributed by atoms with Crippen LogP contribution in [0.1, 0.15) is 36.8 Å². The quantitative estimate of drug-likeness (QED) is 0.567. The highest BCUT2D eigenvalue weighted by Gasteiger charge is 2.43. The van der Waals surface area contributed by atoms with Gasteiger partial charge in [0.25, 0.3) is 5.79 Å². The lowest BCUT2D eigenvalue weighted by Gasteiger charge is -2.26. The smallest absolute Gasteiger partial charge is 0.475 e. The van der Waals surface area contributed by atoms with Crippen molar-refractivity contribution in [1.29, 1.82) is 0 Å². The molecule has 0 spiro atoms. The number of carboxylic acids is 1. The summed E-state index contributed by atoms with van der Waals surface area (Å²) in [6.07, 6.45) is -3.30. The second-order valence-electron chi connectivity index (χ2n) is 7.42. The van der Waals surface area contributed by atoms with E-state index in [4.69, 9.17) is 31.0 Å². The fourth-order valence-corrected chi connectivity index (χ4v) is 3.76. The van der Waals surface area contributed by atoms with Crippen molar-refractivity contribution in [3.63, 3.8) is 0 Å². The molecule has 2 aliphatic rings. The molecule has 2 N–H and O–H groups in total. The Morgan fingerprint density at radius 1 is 1.16 bits per heavy atom. The Balaban J connectivity index is 0.000000360. The van der Waals surface area contributed by atoms with E-state index in [2.05, 4.69) is 5.32 Å². The van der Waals surface area contributed by atoms with Gasteiger partial charge in [-0.25, -0.2) is 13.6 Å². The summed E-state index contributed by atoms with van der Waals surface area (Å²) < 4.78 is 72.1. The van der Waals surface area contributed by atoms with Gasteiger partial charge in [0.1, 0.15) is 11.6 Å². The van der Waals surface area contributed by atoms with Crippen LogP contribution in [0.3, 0.4) is 0 Å². The maximum Gasteiger partial charge on any atom is 0.490 e. The van der Waals surface area contributed by atoms with Crippen molar-refractivity contribution in [2.45, 2.75) is 37.6 Å². The van der Waals surface area contributed by atoms with Crippen molar-refractivity contribution < 1.29 is 41.3 Å². The number of alkyl halides is 3. The van der Waals surface area contributed by atoms with Crippen LogP contribution in [0.15, 0.2) is 30.3 Å². The van der Waals surface area contributed by atoms with Crippen molar-refractivity contribution in [2.24, 2.45) is 0 Å². The molecule has 2 aliphatic heterocycles. The largest absolute Gasteiger partial charge is 0.490 e. The van der Waals surface area contributed by atoms with Gasteiger partial charge in [0.05, 0.1) is 5.56 Å². The highest BCUT2D eigenvalue weighted by atomic mass is 35.5. The Bertz CT molecular complexity index is 1010. The first-order valence-corrected chi connectivity index (χ1v) is 9.96. The van der Waals surface area contributed by atoms with Gasteiger partial charge in [0.15, 0.2) is 11.5 Å². The number of carbonyl (C=O) groups is 1. The molecule has 4 rings (SSSR count). The molecular weight excluding hydrogens is 461 g/mol. The number of piperidine rings is 1. The molecule has 11 heteroatoms. The number of rotatable bonds is 2. The highest BCUT2D eigenvalue weighted by Crippen LogP contribution is 2.50. The van der Waals surface area contributed by atoms with Crippen molar-refractivity contribution in [1.82, 2.24) is 5.32 Å². The molecule has 2 aromatic carbocycles. The lowest BCUT2D eigenvalue weighted by Crippen LogP contribution is -2.33. The minimum Gasteiger partial charge on any atom is -0.475 e. The SMILES string of the molecule is CC1(c2ccc(Cl)cc2F)Oc2cc(F)cc(C3CCNCC3)c2O1.O=C(O)C(F)(F)F. The third-order valence-electron chi connectivity index (χ3n) is 5.09. The normalized spacial score (nSPS) is 20.5. The van der Waals surface area contributed by atoms with E-state index < -0.39 is 23.7 Å². The van der Waals surface area contributed by atoms with Crippen molar-refractivity contribution in [2.75, 3.05) is 13.1 Å². The Hall–Kier alpha value is -2.59. The zero-order valence-corrected chi connectivity index (χ0v) is 17.5. The van der Waals surface area contributed by atoms with Gasteiger partial charge in [-0.1, -0.05) is 11.6 Å². The minimum absolute atomic E-state index is 0.187. The molecule has 1 unspecified atom stereocenters. The average molecular weight is 480 g/mol. The molecule has 0 saturated carbocycles. The highest BCUT2D eigenvalue weighted by molar-refractivity contribution is 6.30. The fraction of sp³-hybridized carbons (Fsp3) is 0.381. The van der Waals surface area contributed by atoms with Gasteiger partial charge >= 0.3 is 12.1 Å². The summed E-state index contributed by atoms with van der Waals surface area (Å²) in [7, 11) is 0. The molecule has 5 nitrogen and oxygen atoms in total. The summed E-state index contributed by atoms with van der Waals surface area (Å²) in [5.41, 5.74) is 1.01. The second kappa shape index (κ2) is 9.11. The van der Waals surface area contributed by atoms with Crippen LogP contribution in [0.4, 0.5) is 22.0 Å². The fourth-order valence-electron chi connectivity index (χ4n) is 3.60. The monoisotopic (exact) mass is 479 g/mol. The van der Waals surface area contributed by atoms with Gasteiger partial charge in [-0.05, 0) is 56.1 Å². The molecule has 0 amide bonds. The maximum atomic E-state index is 14.4. The van der Waals surface area contributed by atoms with Gasteiger partial charge in [-0.2, -0.15) is 13.2 Å². The Morgan fingerprint density at radius 3 is 2.34 bits per heavy atom. The molecule has 0 aromatic heterocycles. The molecule has 0 bridgehead atoms. The standard InChI is InChI=1S/C19H18ClF2NO2.C2HF3O2/c1-19(15-3-2-12(20)8-16(15)22)24-17-10-13(21)9-14(18(17)25-19)11-4-6-23-7-5-11;3-2(4,5)1(6)7/h2-3,8-11,23H,4-7H2,1H3;(H,6,7). The number of hydrogen-bond donors (Lipinski definition) is 2. The number of hydrogen-bond acceptors (Lipinski definition) is 4. The number of nitrogens with one attached hydrogen (secondary N) is 1. The maximum absolute atomic E-state index is 14.4. The van der Waals surface area contributed by atoms with E-state index >= 15 is 0 Å². The number of carboxylic acid groups (broad SMARTS) is 1. The summed E-state index contributed by atoms with van der Waals surface area (Å²) >= 11 is 5.83. The number of halogens is 6. The lowest BCUT2D eigenvalue weighted by molar-refractivity contribution is -0.192. The van der Waals surface area contributed by atoms with E-state index in [0.29, 0.717) is 16.5 Å². The lowest BCUT2D eigenvalue weighted by atomic mass is 9.89. The first kappa shape index (κ1) is 24.1. The van der Waals surface area contributed by atoms with E-state index in [1.54, 1.807) is 13.0 Å². The van der Waals surface area contributed by atoms with Crippen LogP contribution in [-0.2, 0) is 10.6 Å². The molecule has 0 radical (unpaired) electrons. The molecule has 1 atom stereocenters. The third-order valence-corrected chi connectivity index (χ3v) is 5.33. The molecular formula is C21H19ClF5NO4. The predicted octanol–water partition coefficient (Wildman–Crippen LogP) is 5.36. The summed E-state index contributed by atoms with van der Waals surface area (Å²) in [6.45, 7) is 3.38. The Kier molecular flexibility index (Phi) is 6.85. The minimum atomic E-state index is -5.08. The second-order valence-corrected chi connectivity index (χ2v) is 7.86. The Labute approximate surface area is 185 Å². The Morgan fingerprint density at radius 2 is 1.78 bits per heavy atom. The summed E-state index contributed by atoms with van der Waals surface area (Å²) in [4.78, 5) is 8.90. The van der Waals surface area contributed by atoms with Crippen LogP contribution < -0.4 is 14.8 Å². The first-order chi connectivity index (χ1) is 14.9. The van der Waals surface area contributed by atoms with E-state index in [0.717, 1.165) is 31.5 Å². The molecule has 2 heterocycles. The molecule has 2 aromatic rings. The molecule has 1 fully saturated rings. The van der Waals surface area contributed by atoms with E-state index in [9.17, 15) is 22.0 Å².